The van der Waals surface area contributed by atoms with Crippen molar-refractivity contribution in [2.45, 2.75) is 31.8 Å². The molecule has 0 aromatic heterocycles. The molecular formula is C17H23N3O2. The third kappa shape index (κ3) is 3.14. The summed E-state index contributed by atoms with van der Waals surface area (Å²) in [5.41, 5.74) is 6.59. The van der Waals surface area contributed by atoms with E-state index in [1.54, 1.807) is 0 Å². The van der Waals surface area contributed by atoms with Crippen molar-refractivity contribution in [1.29, 1.82) is 0 Å². The van der Waals surface area contributed by atoms with E-state index in [4.69, 9.17) is 5.73 Å². The van der Waals surface area contributed by atoms with E-state index >= 15 is 0 Å². The predicted molar refractivity (Wildman–Crippen MR) is 83.8 cm³/mol. The van der Waals surface area contributed by atoms with Crippen molar-refractivity contribution >= 4 is 11.8 Å². The number of nitrogens with zero attached hydrogens (tertiary/aromatic N) is 2. The number of benzene rings is 1. The van der Waals surface area contributed by atoms with E-state index in [9.17, 15) is 9.59 Å². The summed E-state index contributed by atoms with van der Waals surface area (Å²) in [5.74, 6) is -0.298. The van der Waals surface area contributed by atoms with Crippen LogP contribution in [-0.2, 0) is 16.1 Å². The van der Waals surface area contributed by atoms with Crippen LogP contribution in [0.1, 0.15) is 24.8 Å². The first-order chi connectivity index (χ1) is 10.6. The Balaban J connectivity index is 1.63. The topological polar surface area (TPSA) is 66.6 Å². The molecular weight excluding hydrogens is 278 g/mol. The molecule has 2 saturated heterocycles. The van der Waals surface area contributed by atoms with Crippen LogP contribution >= 0.6 is 0 Å². The van der Waals surface area contributed by atoms with E-state index < -0.39 is 0 Å². The van der Waals surface area contributed by atoms with Crippen molar-refractivity contribution in [2.75, 3.05) is 19.6 Å². The van der Waals surface area contributed by atoms with E-state index in [0.717, 1.165) is 25.9 Å². The van der Waals surface area contributed by atoms with Crippen LogP contribution in [0, 0.1) is 5.92 Å². The second kappa shape index (κ2) is 6.48. The maximum Gasteiger partial charge on any atom is 0.239 e. The number of hydrogen-bond donors (Lipinski definition) is 1. The highest BCUT2D eigenvalue weighted by atomic mass is 16.2. The SMILES string of the molecule is NC(=O)[C@@H]1CCN(C(=O)[C@@H]2CCCN2Cc2ccccc2)C1. The van der Waals surface area contributed by atoms with Gasteiger partial charge in [0.1, 0.15) is 0 Å². The molecule has 5 heteroatoms. The Morgan fingerprint density at radius 2 is 1.91 bits per heavy atom. The predicted octanol–water partition coefficient (Wildman–Crippen LogP) is 0.985. The summed E-state index contributed by atoms with van der Waals surface area (Å²) in [7, 11) is 0. The van der Waals surface area contributed by atoms with Crippen molar-refractivity contribution < 1.29 is 9.59 Å². The lowest BCUT2D eigenvalue weighted by molar-refractivity contribution is -0.135. The van der Waals surface area contributed by atoms with Gasteiger partial charge in [0.25, 0.3) is 0 Å². The smallest absolute Gasteiger partial charge is 0.239 e. The minimum absolute atomic E-state index is 0.0492. The Hall–Kier alpha value is -1.88. The highest BCUT2D eigenvalue weighted by molar-refractivity contribution is 5.84. The first kappa shape index (κ1) is 15.0. The number of rotatable bonds is 4. The lowest BCUT2D eigenvalue weighted by Crippen LogP contribution is -2.44. The molecule has 2 N–H and O–H groups in total. The van der Waals surface area contributed by atoms with Gasteiger partial charge >= 0.3 is 0 Å². The monoisotopic (exact) mass is 301 g/mol. The fourth-order valence-electron chi connectivity index (χ4n) is 3.52. The van der Waals surface area contributed by atoms with Gasteiger partial charge in [0.05, 0.1) is 12.0 Å². The molecule has 0 bridgehead atoms. The van der Waals surface area contributed by atoms with Crippen molar-refractivity contribution in [1.82, 2.24) is 9.80 Å². The summed E-state index contributed by atoms with van der Waals surface area (Å²) in [5, 5.41) is 0. The molecule has 0 unspecified atom stereocenters. The lowest BCUT2D eigenvalue weighted by Gasteiger charge is -2.27. The fourth-order valence-corrected chi connectivity index (χ4v) is 3.52. The number of likely N-dealkylation sites (tertiary alicyclic amines) is 2. The highest BCUT2D eigenvalue weighted by Gasteiger charge is 2.37. The van der Waals surface area contributed by atoms with Crippen molar-refractivity contribution in [3.63, 3.8) is 0 Å². The number of carbonyl (C=O) groups is 2. The zero-order chi connectivity index (χ0) is 15.5. The minimum atomic E-state index is -0.289. The fraction of sp³-hybridized carbons (Fsp3) is 0.529. The molecule has 0 aliphatic carbocycles. The normalized spacial score (nSPS) is 25.5. The Morgan fingerprint density at radius 3 is 2.59 bits per heavy atom. The Kier molecular flexibility index (Phi) is 4.43. The van der Waals surface area contributed by atoms with Gasteiger partial charge in [-0.15, -0.1) is 0 Å². The van der Waals surface area contributed by atoms with Gasteiger partial charge in [-0.3, -0.25) is 14.5 Å². The lowest BCUT2D eigenvalue weighted by atomic mass is 10.1. The average molecular weight is 301 g/mol. The number of amides is 2. The number of primary amides is 1. The summed E-state index contributed by atoms with van der Waals surface area (Å²) in [6.45, 7) is 2.91. The van der Waals surface area contributed by atoms with E-state index in [-0.39, 0.29) is 23.8 Å². The molecule has 118 valence electrons. The number of nitrogens with two attached hydrogens (primary N) is 1. The van der Waals surface area contributed by atoms with Crippen LogP contribution < -0.4 is 5.73 Å². The summed E-state index contributed by atoms with van der Waals surface area (Å²) in [6.07, 6.45) is 2.66. The van der Waals surface area contributed by atoms with Crippen molar-refractivity contribution in [3.8, 4) is 0 Å². The largest absolute Gasteiger partial charge is 0.369 e. The maximum atomic E-state index is 12.7. The molecule has 1 aromatic rings. The van der Waals surface area contributed by atoms with Crippen LogP contribution in [0.4, 0.5) is 0 Å². The van der Waals surface area contributed by atoms with Crippen LogP contribution in [0.15, 0.2) is 30.3 Å². The summed E-state index contributed by atoms with van der Waals surface area (Å²) in [4.78, 5) is 28.1. The zero-order valence-electron chi connectivity index (χ0n) is 12.8. The van der Waals surface area contributed by atoms with Gasteiger partial charge in [-0.1, -0.05) is 30.3 Å². The Bertz CT molecular complexity index is 546. The van der Waals surface area contributed by atoms with Crippen molar-refractivity contribution in [3.05, 3.63) is 35.9 Å². The molecule has 0 saturated carbocycles. The van der Waals surface area contributed by atoms with Gasteiger partial charge in [0.2, 0.25) is 11.8 Å². The van der Waals surface area contributed by atoms with E-state index in [1.165, 1.54) is 5.56 Å². The molecule has 0 radical (unpaired) electrons. The number of carbonyl (C=O) groups excluding carboxylic acids is 2. The highest BCUT2D eigenvalue weighted by Crippen LogP contribution is 2.25. The molecule has 1 aromatic carbocycles. The van der Waals surface area contributed by atoms with E-state index in [0.29, 0.717) is 19.5 Å². The molecule has 2 fully saturated rings. The van der Waals surface area contributed by atoms with Crippen LogP contribution in [0.3, 0.4) is 0 Å². The van der Waals surface area contributed by atoms with Crippen LogP contribution in [-0.4, -0.2) is 47.3 Å². The third-order valence-electron chi connectivity index (χ3n) is 4.78. The third-order valence-corrected chi connectivity index (χ3v) is 4.78. The average Bonchev–Trinajstić information content (AvgIpc) is 3.17. The number of hydrogen-bond acceptors (Lipinski definition) is 3. The minimum Gasteiger partial charge on any atom is -0.369 e. The van der Waals surface area contributed by atoms with Crippen LogP contribution in [0.25, 0.3) is 0 Å². The second-order valence-electron chi connectivity index (χ2n) is 6.29. The summed E-state index contributed by atoms with van der Waals surface area (Å²) in [6, 6.07) is 10.2. The quantitative estimate of drug-likeness (QED) is 0.901. The first-order valence-electron chi connectivity index (χ1n) is 8.01. The molecule has 2 atom stereocenters. The van der Waals surface area contributed by atoms with Gasteiger partial charge < -0.3 is 10.6 Å². The van der Waals surface area contributed by atoms with Gasteiger partial charge in [-0.2, -0.15) is 0 Å². The van der Waals surface area contributed by atoms with E-state index in [1.807, 2.05) is 23.1 Å². The first-order valence-corrected chi connectivity index (χ1v) is 8.01. The van der Waals surface area contributed by atoms with E-state index in [2.05, 4.69) is 17.0 Å². The molecule has 2 aliphatic rings. The van der Waals surface area contributed by atoms with Crippen LogP contribution in [0.2, 0.25) is 0 Å². The maximum absolute atomic E-state index is 12.7. The molecule has 2 amide bonds. The molecule has 22 heavy (non-hydrogen) atoms. The second-order valence-corrected chi connectivity index (χ2v) is 6.29. The summed E-state index contributed by atoms with van der Waals surface area (Å²) < 4.78 is 0. The molecule has 0 spiro atoms. The Labute approximate surface area is 131 Å². The van der Waals surface area contributed by atoms with Crippen LogP contribution in [0.5, 0.6) is 0 Å². The molecule has 2 aliphatic heterocycles. The molecule has 3 rings (SSSR count). The van der Waals surface area contributed by atoms with Gasteiger partial charge in [0, 0.05) is 19.6 Å². The van der Waals surface area contributed by atoms with Gasteiger partial charge in [-0.25, -0.2) is 0 Å². The Morgan fingerprint density at radius 1 is 1.14 bits per heavy atom. The standard InChI is InChI=1S/C17H23N3O2/c18-16(21)14-8-10-20(12-14)17(22)15-7-4-9-19(15)11-13-5-2-1-3-6-13/h1-3,5-6,14-15H,4,7-12H2,(H2,18,21)/t14-,15+/m1/s1. The van der Waals surface area contributed by atoms with Gasteiger partial charge in [0.15, 0.2) is 0 Å². The van der Waals surface area contributed by atoms with Gasteiger partial charge in [-0.05, 0) is 31.4 Å². The molecule has 5 nitrogen and oxygen atoms in total. The van der Waals surface area contributed by atoms with Crippen molar-refractivity contribution in [2.24, 2.45) is 11.7 Å². The molecule has 2 heterocycles. The zero-order valence-corrected chi connectivity index (χ0v) is 12.8. The summed E-state index contributed by atoms with van der Waals surface area (Å²) >= 11 is 0.